The number of hydrogen-bond acceptors (Lipinski definition) is 3. The van der Waals surface area contributed by atoms with Crippen molar-refractivity contribution in [2.24, 2.45) is 11.3 Å². The predicted octanol–water partition coefficient (Wildman–Crippen LogP) is 2.48. The molecule has 1 atom stereocenters. The van der Waals surface area contributed by atoms with Gasteiger partial charge in [-0.25, -0.2) is 0 Å². The Morgan fingerprint density at radius 3 is 2.89 bits per heavy atom. The first-order valence-corrected chi connectivity index (χ1v) is 6.17. The fourth-order valence-corrected chi connectivity index (χ4v) is 2.50. The predicted molar refractivity (Wildman–Crippen MR) is 69.8 cm³/mol. The molecule has 0 fully saturated rings. The van der Waals surface area contributed by atoms with Crippen LogP contribution in [-0.4, -0.2) is 22.7 Å². The molecule has 98 valence electrons. The molecule has 1 unspecified atom stereocenters. The molecule has 1 aromatic carbocycles. The Hall–Kier alpha value is -1.71. The van der Waals surface area contributed by atoms with Crippen molar-refractivity contribution in [2.45, 2.75) is 26.7 Å². The third-order valence-electron chi connectivity index (χ3n) is 3.56. The number of nitrogens with one attached hydrogen (secondary N) is 1. The van der Waals surface area contributed by atoms with Crippen LogP contribution in [0, 0.1) is 11.3 Å². The van der Waals surface area contributed by atoms with E-state index in [0.717, 1.165) is 24.2 Å². The van der Waals surface area contributed by atoms with Crippen LogP contribution in [0.25, 0.3) is 0 Å². The monoisotopic (exact) mass is 249 g/mol. The number of benzene rings is 1. The van der Waals surface area contributed by atoms with Crippen LogP contribution in [0.2, 0.25) is 0 Å². The van der Waals surface area contributed by atoms with Gasteiger partial charge in [0.05, 0.1) is 5.41 Å². The summed E-state index contributed by atoms with van der Waals surface area (Å²) in [4.78, 5) is 11.1. The summed E-state index contributed by atoms with van der Waals surface area (Å²) in [5.74, 6) is -0.183. The lowest BCUT2D eigenvalue weighted by molar-refractivity contribution is -0.147. The molecule has 0 saturated heterocycles. The lowest BCUT2D eigenvalue weighted by Gasteiger charge is -2.31. The highest BCUT2D eigenvalue weighted by atomic mass is 16.4. The summed E-state index contributed by atoms with van der Waals surface area (Å²) >= 11 is 0. The first-order valence-electron chi connectivity index (χ1n) is 6.17. The second-order valence-electron chi connectivity index (χ2n) is 5.69. The third-order valence-corrected chi connectivity index (χ3v) is 3.56. The Morgan fingerprint density at radius 1 is 1.50 bits per heavy atom. The van der Waals surface area contributed by atoms with Crippen molar-refractivity contribution in [3.8, 4) is 5.75 Å². The molecule has 1 heterocycles. The number of anilines is 1. The van der Waals surface area contributed by atoms with Gasteiger partial charge in [-0.15, -0.1) is 0 Å². The summed E-state index contributed by atoms with van der Waals surface area (Å²) in [5, 5.41) is 21.8. The molecule has 1 aromatic rings. The number of rotatable bonds is 3. The highest BCUT2D eigenvalue weighted by molar-refractivity contribution is 5.73. The summed E-state index contributed by atoms with van der Waals surface area (Å²) in [6.45, 7) is 4.29. The van der Waals surface area contributed by atoms with E-state index in [1.807, 2.05) is 6.07 Å². The molecule has 0 bridgehead atoms. The number of fused-ring (bicyclic) bond motifs is 1. The summed E-state index contributed by atoms with van der Waals surface area (Å²) in [5.41, 5.74) is 1.41. The zero-order chi connectivity index (χ0) is 13.3. The van der Waals surface area contributed by atoms with Gasteiger partial charge in [0.2, 0.25) is 0 Å². The lowest BCUT2D eigenvalue weighted by atomic mass is 9.79. The molecule has 0 aromatic heterocycles. The van der Waals surface area contributed by atoms with Crippen molar-refractivity contribution in [2.75, 3.05) is 11.9 Å². The molecule has 4 nitrogen and oxygen atoms in total. The average molecular weight is 249 g/mol. The highest BCUT2D eigenvalue weighted by Gasteiger charge is 2.32. The van der Waals surface area contributed by atoms with Crippen LogP contribution in [-0.2, 0) is 11.2 Å². The fraction of sp³-hybridized carbons (Fsp3) is 0.500. The number of carbonyl (C=O) groups is 1. The number of aliphatic carboxylic acids is 1. The van der Waals surface area contributed by atoms with Gasteiger partial charge in [-0.1, -0.05) is 6.07 Å². The zero-order valence-corrected chi connectivity index (χ0v) is 10.7. The summed E-state index contributed by atoms with van der Waals surface area (Å²) in [6.07, 6.45) is 1.51. The van der Waals surface area contributed by atoms with Gasteiger partial charge in [-0.05, 0) is 44.2 Å². The molecule has 0 spiro atoms. The van der Waals surface area contributed by atoms with E-state index in [1.165, 1.54) is 0 Å². The highest BCUT2D eigenvalue weighted by Crippen LogP contribution is 2.34. The van der Waals surface area contributed by atoms with Gasteiger partial charge in [0.25, 0.3) is 0 Å². The van der Waals surface area contributed by atoms with Crippen molar-refractivity contribution >= 4 is 11.7 Å². The molecular formula is C14H19NO3. The van der Waals surface area contributed by atoms with E-state index >= 15 is 0 Å². The minimum Gasteiger partial charge on any atom is -0.508 e. The maximum atomic E-state index is 11.1. The topological polar surface area (TPSA) is 69.6 Å². The standard InChI is InChI=1S/C14H19NO3/c1-14(2,13(17)18)7-9-5-10-3-4-11(16)6-12(10)15-8-9/h3-4,6,9,15-16H,5,7-8H2,1-2H3,(H,17,18). The van der Waals surface area contributed by atoms with E-state index in [-0.39, 0.29) is 5.75 Å². The van der Waals surface area contributed by atoms with E-state index in [1.54, 1.807) is 26.0 Å². The van der Waals surface area contributed by atoms with Crippen molar-refractivity contribution in [3.63, 3.8) is 0 Å². The smallest absolute Gasteiger partial charge is 0.309 e. The molecule has 0 amide bonds. The third kappa shape index (κ3) is 2.58. The normalized spacial score (nSPS) is 18.9. The Morgan fingerprint density at radius 2 is 2.22 bits per heavy atom. The van der Waals surface area contributed by atoms with Gasteiger partial charge >= 0.3 is 5.97 Å². The number of aromatic hydroxyl groups is 1. The quantitative estimate of drug-likeness (QED) is 0.769. The number of carboxylic acid groups (broad SMARTS) is 1. The number of phenols is 1. The van der Waals surface area contributed by atoms with Gasteiger partial charge in [0, 0.05) is 18.3 Å². The van der Waals surface area contributed by atoms with Crippen LogP contribution < -0.4 is 5.32 Å². The molecule has 0 aliphatic carbocycles. The Bertz CT molecular complexity index is 468. The Labute approximate surface area is 107 Å². The maximum absolute atomic E-state index is 11.1. The number of phenolic OH excluding ortho intramolecular Hbond substituents is 1. The minimum absolute atomic E-state index is 0.255. The van der Waals surface area contributed by atoms with Gasteiger partial charge in [-0.2, -0.15) is 0 Å². The second-order valence-corrected chi connectivity index (χ2v) is 5.69. The lowest BCUT2D eigenvalue weighted by Crippen LogP contribution is -2.32. The zero-order valence-electron chi connectivity index (χ0n) is 10.7. The second kappa shape index (κ2) is 4.52. The van der Waals surface area contributed by atoms with Crippen molar-refractivity contribution < 1.29 is 15.0 Å². The van der Waals surface area contributed by atoms with E-state index < -0.39 is 11.4 Å². The fourth-order valence-electron chi connectivity index (χ4n) is 2.50. The molecule has 3 N–H and O–H groups in total. The minimum atomic E-state index is -0.751. The van der Waals surface area contributed by atoms with E-state index in [4.69, 9.17) is 5.11 Å². The SMILES string of the molecule is CC(C)(CC1CNc2cc(O)ccc2C1)C(=O)O. The van der Waals surface area contributed by atoms with Crippen molar-refractivity contribution in [3.05, 3.63) is 23.8 Å². The molecule has 1 aliphatic rings. The average Bonchev–Trinajstić information content (AvgIpc) is 2.28. The van der Waals surface area contributed by atoms with Crippen LogP contribution in [0.5, 0.6) is 5.75 Å². The largest absolute Gasteiger partial charge is 0.508 e. The maximum Gasteiger partial charge on any atom is 0.309 e. The molecule has 1 aliphatic heterocycles. The van der Waals surface area contributed by atoms with Gasteiger partial charge in [0.1, 0.15) is 5.75 Å². The van der Waals surface area contributed by atoms with Gasteiger partial charge in [0.15, 0.2) is 0 Å². The summed E-state index contributed by atoms with van der Waals surface area (Å²) < 4.78 is 0. The van der Waals surface area contributed by atoms with Crippen molar-refractivity contribution in [1.29, 1.82) is 0 Å². The summed E-state index contributed by atoms with van der Waals surface area (Å²) in [6, 6.07) is 5.29. The van der Waals surface area contributed by atoms with E-state index in [2.05, 4.69) is 5.32 Å². The molecule has 0 radical (unpaired) electrons. The molecule has 2 rings (SSSR count). The van der Waals surface area contributed by atoms with Crippen LogP contribution in [0.3, 0.4) is 0 Å². The van der Waals surface area contributed by atoms with Gasteiger partial charge < -0.3 is 15.5 Å². The summed E-state index contributed by atoms with van der Waals surface area (Å²) in [7, 11) is 0. The van der Waals surface area contributed by atoms with Crippen LogP contribution >= 0.6 is 0 Å². The molecule has 4 heteroatoms. The molecule has 0 saturated carbocycles. The van der Waals surface area contributed by atoms with Crippen LogP contribution in [0.4, 0.5) is 5.69 Å². The molecule has 18 heavy (non-hydrogen) atoms. The van der Waals surface area contributed by atoms with Gasteiger partial charge in [-0.3, -0.25) is 4.79 Å². The first kappa shape index (κ1) is 12.7. The Balaban J connectivity index is 2.09. The number of hydrogen-bond donors (Lipinski definition) is 3. The van der Waals surface area contributed by atoms with Crippen LogP contribution in [0.15, 0.2) is 18.2 Å². The van der Waals surface area contributed by atoms with E-state index in [0.29, 0.717) is 12.3 Å². The van der Waals surface area contributed by atoms with E-state index in [9.17, 15) is 9.90 Å². The Kier molecular flexibility index (Phi) is 3.20. The first-order chi connectivity index (χ1) is 8.38. The number of carboxylic acids is 1. The van der Waals surface area contributed by atoms with Crippen LogP contribution in [0.1, 0.15) is 25.8 Å². The molecular weight excluding hydrogens is 230 g/mol. The van der Waals surface area contributed by atoms with Crippen molar-refractivity contribution in [1.82, 2.24) is 0 Å².